The van der Waals surface area contributed by atoms with E-state index in [1.807, 2.05) is 48.5 Å². The van der Waals surface area contributed by atoms with Crippen LogP contribution >= 0.6 is 11.3 Å². The summed E-state index contributed by atoms with van der Waals surface area (Å²) in [6, 6.07) is 19.9. The Kier molecular flexibility index (Phi) is 5.11. The standard InChI is InChI=1S/C18H17N3OS/c22-16(13-15-9-5-2-6-10-15)19-18-21-20-17(23-18)12-11-14-7-3-1-4-8-14/h1-10H,11-13H2,(H,19,21,22). The van der Waals surface area contributed by atoms with Gasteiger partial charge >= 0.3 is 0 Å². The molecule has 1 aromatic heterocycles. The minimum Gasteiger partial charge on any atom is -0.300 e. The van der Waals surface area contributed by atoms with Crippen LogP contribution < -0.4 is 5.32 Å². The van der Waals surface area contributed by atoms with Gasteiger partial charge < -0.3 is 5.32 Å². The van der Waals surface area contributed by atoms with Gasteiger partial charge in [-0.05, 0) is 17.5 Å². The van der Waals surface area contributed by atoms with Gasteiger partial charge in [-0.3, -0.25) is 4.79 Å². The second-order valence-electron chi connectivity index (χ2n) is 5.20. The summed E-state index contributed by atoms with van der Waals surface area (Å²) >= 11 is 1.44. The quantitative estimate of drug-likeness (QED) is 0.755. The lowest BCUT2D eigenvalue weighted by Crippen LogP contribution is -2.14. The third kappa shape index (κ3) is 4.72. The first-order valence-electron chi connectivity index (χ1n) is 7.50. The van der Waals surface area contributed by atoms with Gasteiger partial charge in [0.15, 0.2) is 0 Å². The smallest absolute Gasteiger partial charge is 0.230 e. The number of aryl methyl sites for hydroxylation is 2. The van der Waals surface area contributed by atoms with Gasteiger partial charge in [0.05, 0.1) is 6.42 Å². The van der Waals surface area contributed by atoms with Crippen LogP contribution in [0.25, 0.3) is 0 Å². The molecule has 0 fully saturated rings. The summed E-state index contributed by atoms with van der Waals surface area (Å²) in [5.74, 6) is -0.0676. The number of amides is 1. The molecule has 1 N–H and O–H groups in total. The number of carbonyl (C=O) groups excluding carboxylic acids is 1. The summed E-state index contributed by atoms with van der Waals surface area (Å²) < 4.78 is 0. The minimum absolute atomic E-state index is 0.0676. The lowest BCUT2D eigenvalue weighted by atomic mass is 10.1. The highest BCUT2D eigenvalue weighted by Crippen LogP contribution is 2.17. The number of aromatic nitrogens is 2. The fourth-order valence-electron chi connectivity index (χ4n) is 2.25. The van der Waals surface area contributed by atoms with E-state index in [2.05, 4.69) is 27.6 Å². The van der Waals surface area contributed by atoms with Crippen LogP contribution in [0, 0.1) is 0 Å². The molecule has 23 heavy (non-hydrogen) atoms. The van der Waals surface area contributed by atoms with Crippen molar-refractivity contribution in [3.05, 3.63) is 76.8 Å². The summed E-state index contributed by atoms with van der Waals surface area (Å²) in [6.45, 7) is 0. The molecular weight excluding hydrogens is 306 g/mol. The Bertz CT molecular complexity index is 756. The molecule has 1 heterocycles. The molecule has 0 bridgehead atoms. The van der Waals surface area contributed by atoms with E-state index >= 15 is 0 Å². The van der Waals surface area contributed by atoms with Crippen LogP contribution in [0.3, 0.4) is 0 Å². The predicted octanol–water partition coefficient (Wildman–Crippen LogP) is 3.50. The molecule has 0 aliphatic rings. The van der Waals surface area contributed by atoms with Crippen molar-refractivity contribution >= 4 is 22.4 Å². The summed E-state index contributed by atoms with van der Waals surface area (Å²) in [7, 11) is 0. The lowest BCUT2D eigenvalue weighted by Gasteiger charge is -2.00. The van der Waals surface area contributed by atoms with E-state index in [1.165, 1.54) is 16.9 Å². The molecule has 0 radical (unpaired) electrons. The Hall–Kier alpha value is -2.53. The zero-order chi connectivity index (χ0) is 15.9. The van der Waals surface area contributed by atoms with Crippen LogP contribution in [0.1, 0.15) is 16.1 Å². The van der Waals surface area contributed by atoms with Crippen LogP contribution in [0.5, 0.6) is 0 Å². The number of rotatable bonds is 6. The number of carbonyl (C=O) groups is 1. The third-order valence-corrected chi connectivity index (χ3v) is 4.29. The second-order valence-corrected chi connectivity index (χ2v) is 6.26. The van der Waals surface area contributed by atoms with Crippen LogP contribution in [0.2, 0.25) is 0 Å². The molecule has 3 aromatic rings. The molecule has 116 valence electrons. The Morgan fingerprint density at radius 2 is 1.52 bits per heavy atom. The second kappa shape index (κ2) is 7.65. The van der Waals surface area contributed by atoms with Gasteiger partial charge in [-0.1, -0.05) is 72.0 Å². The number of hydrogen-bond donors (Lipinski definition) is 1. The summed E-state index contributed by atoms with van der Waals surface area (Å²) in [5, 5.41) is 12.5. The lowest BCUT2D eigenvalue weighted by molar-refractivity contribution is -0.115. The monoisotopic (exact) mass is 323 g/mol. The van der Waals surface area contributed by atoms with Gasteiger partial charge in [0.2, 0.25) is 11.0 Å². The maximum Gasteiger partial charge on any atom is 0.230 e. The Morgan fingerprint density at radius 3 is 2.22 bits per heavy atom. The molecule has 0 saturated heterocycles. The van der Waals surface area contributed by atoms with Crippen molar-refractivity contribution in [2.45, 2.75) is 19.3 Å². The maximum atomic E-state index is 12.0. The molecular formula is C18H17N3OS. The third-order valence-electron chi connectivity index (χ3n) is 3.39. The fraction of sp³-hybridized carbons (Fsp3) is 0.167. The van der Waals surface area contributed by atoms with Crippen molar-refractivity contribution in [3.8, 4) is 0 Å². The van der Waals surface area contributed by atoms with Crippen molar-refractivity contribution in [3.63, 3.8) is 0 Å². The average Bonchev–Trinajstić information content (AvgIpc) is 3.02. The number of anilines is 1. The van der Waals surface area contributed by atoms with Crippen LogP contribution in [0.15, 0.2) is 60.7 Å². The van der Waals surface area contributed by atoms with Crippen LogP contribution in [-0.2, 0) is 24.1 Å². The number of nitrogens with one attached hydrogen (secondary N) is 1. The summed E-state index contributed by atoms with van der Waals surface area (Å²) in [4.78, 5) is 12.0. The number of benzene rings is 2. The highest BCUT2D eigenvalue weighted by Gasteiger charge is 2.09. The summed E-state index contributed by atoms with van der Waals surface area (Å²) in [5.41, 5.74) is 2.26. The van der Waals surface area contributed by atoms with Gasteiger partial charge in [-0.2, -0.15) is 0 Å². The normalized spacial score (nSPS) is 10.4. The van der Waals surface area contributed by atoms with Crippen LogP contribution in [-0.4, -0.2) is 16.1 Å². The molecule has 3 rings (SSSR count). The van der Waals surface area contributed by atoms with Gasteiger partial charge in [0.1, 0.15) is 5.01 Å². The van der Waals surface area contributed by atoms with E-state index in [1.54, 1.807) is 0 Å². The number of hydrogen-bond acceptors (Lipinski definition) is 4. The van der Waals surface area contributed by atoms with E-state index in [4.69, 9.17) is 0 Å². The predicted molar refractivity (Wildman–Crippen MR) is 92.5 cm³/mol. The number of nitrogens with zero attached hydrogens (tertiary/aromatic N) is 2. The summed E-state index contributed by atoms with van der Waals surface area (Å²) in [6.07, 6.45) is 2.10. The largest absolute Gasteiger partial charge is 0.300 e. The van der Waals surface area contributed by atoms with Crippen molar-refractivity contribution in [1.82, 2.24) is 10.2 Å². The first-order chi connectivity index (χ1) is 11.3. The molecule has 2 aromatic carbocycles. The fourth-order valence-corrected chi connectivity index (χ4v) is 3.00. The topological polar surface area (TPSA) is 54.9 Å². The molecule has 0 aliphatic carbocycles. The van der Waals surface area contributed by atoms with Gasteiger partial charge in [0, 0.05) is 6.42 Å². The van der Waals surface area contributed by atoms with E-state index in [0.717, 1.165) is 23.4 Å². The Morgan fingerprint density at radius 1 is 0.870 bits per heavy atom. The van der Waals surface area contributed by atoms with Crippen molar-refractivity contribution in [2.24, 2.45) is 0 Å². The van der Waals surface area contributed by atoms with E-state index in [-0.39, 0.29) is 5.91 Å². The van der Waals surface area contributed by atoms with Gasteiger partial charge in [0.25, 0.3) is 0 Å². The van der Waals surface area contributed by atoms with Gasteiger partial charge in [-0.15, -0.1) is 10.2 Å². The molecule has 4 nitrogen and oxygen atoms in total. The van der Waals surface area contributed by atoms with Gasteiger partial charge in [-0.25, -0.2) is 0 Å². The molecule has 0 saturated carbocycles. The molecule has 5 heteroatoms. The molecule has 0 unspecified atom stereocenters. The molecule has 0 aliphatic heterocycles. The maximum absolute atomic E-state index is 12.0. The SMILES string of the molecule is O=C(Cc1ccccc1)Nc1nnc(CCc2ccccc2)s1. The van der Waals surface area contributed by atoms with E-state index < -0.39 is 0 Å². The average molecular weight is 323 g/mol. The van der Waals surface area contributed by atoms with Crippen molar-refractivity contribution in [2.75, 3.05) is 5.32 Å². The molecule has 0 atom stereocenters. The molecule has 1 amide bonds. The molecule has 0 spiro atoms. The Balaban J connectivity index is 1.52. The zero-order valence-electron chi connectivity index (χ0n) is 12.6. The van der Waals surface area contributed by atoms with E-state index in [9.17, 15) is 4.79 Å². The first kappa shape index (κ1) is 15.4. The van der Waals surface area contributed by atoms with Crippen LogP contribution in [0.4, 0.5) is 5.13 Å². The first-order valence-corrected chi connectivity index (χ1v) is 8.31. The van der Waals surface area contributed by atoms with Crippen molar-refractivity contribution < 1.29 is 4.79 Å². The Labute approximate surface area is 139 Å². The highest BCUT2D eigenvalue weighted by molar-refractivity contribution is 7.15. The highest BCUT2D eigenvalue weighted by atomic mass is 32.1. The zero-order valence-corrected chi connectivity index (χ0v) is 13.4. The van der Waals surface area contributed by atoms with Crippen molar-refractivity contribution in [1.29, 1.82) is 0 Å². The minimum atomic E-state index is -0.0676. The van der Waals surface area contributed by atoms with E-state index in [0.29, 0.717) is 11.6 Å².